The number of fused-ring (bicyclic) bond motifs is 1. The molecule has 1 aromatic carbocycles. The first-order valence-electron chi connectivity index (χ1n) is 5.68. The highest BCUT2D eigenvalue weighted by molar-refractivity contribution is 6.17. The van der Waals surface area contributed by atoms with Crippen LogP contribution in [0.4, 0.5) is 5.69 Å². The number of rotatable bonds is 2. The van der Waals surface area contributed by atoms with Gasteiger partial charge in [0, 0.05) is 24.7 Å². The van der Waals surface area contributed by atoms with Crippen LogP contribution in [-0.2, 0) is 5.88 Å². The van der Waals surface area contributed by atoms with Gasteiger partial charge in [-0.1, -0.05) is 17.7 Å². The number of nitrogens with zero attached hydrogens (tertiary/aromatic N) is 1. The fourth-order valence-electron chi connectivity index (χ4n) is 2.72. The van der Waals surface area contributed by atoms with Gasteiger partial charge in [0.15, 0.2) is 0 Å². The van der Waals surface area contributed by atoms with E-state index in [4.69, 9.17) is 11.6 Å². The minimum atomic E-state index is 0.628. The average Bonchev–Trinajstić information content (AvgIpc) is 2.85. The molecule has 2 aliphatic rings. The normalized spacial score (nSPS) is 28.0. The highest BCUT2D eigenvalue weighted by Gasteiger charge is 2.45. The third-order valence-electron chi connectivity index (χ3n) is 3.70. The average molecular weight is 222 g/mol. The summed E-state index contributed by atoms with van der Waals surface area (Å²) in [4.78, 5) is 2.51. The zero-order valence-corrected chi connectivity index (χ0v) is 9.80. The van der Waals surface area contributed by atoms with E-state index in [1.165, 1.54) is 36.3 Å². The quantitative estimate of drug-likeness (QED) is 0.694. The first-order chi connectivity index (χ1) is 7.28. The lowest BCUT2D eigenvalue weighted by Gasteiger charge is -2.23. The number of anilines is 1. The predicted octanol–water partition coefficient (Wildman–Crippen LogP) is 3.19. The largest absolute Gasteiger partial charge is 0.371 e. The Hall–Kier alpha value is -0.690. The predicted molar refractivity (Wildman–Crippen MR) is 64.5 cm³/mol. The Morgan fingerprint density at radius 3 is 2.73 bits per heavy atom. The number of hydrogen-bond acceptors (Lipinski definition) is 1. The van der Waals surface area contributed by atoms with Crippen molar-refractivity contribution in [3.05, 3.63) is 29.3 Å². The molecule has 2 heteroatoms. The van der Waals surface area contributed by atoms with Gasteiger partial charge in [-0.3, -0.25) is 0 Å². The number of aryl methyl sites for hydroxylation is 1. The fraction of sp³-hybridized carbons (Fsp3) is 0.538. The van der Waals surface area contributed by atoms with Crippen molar-refractivity contribution in [1.82, 2.24) is 0 Å². The van der Waals surface area contributed by atoms with Gasteiger partial charge in [-0.05, 0) is 36.8 Å². The van der Waals surface area contributed by atoms with E-state index < -0.39 is 0 Å². The monoisotopic (exact) mass is 221 g/mol. The Labute approximate surface area is 96.0 Å². The molecule has 0 radical (unpaired) electrons. The van der Waals surface area contributed by atoms with Crippen LogP contribution in [0.1, 0.15) is 17.5 Å². The lowest BCUT2D eigenvalue weighted by Crippen LogP contribution is -2.22. The molecule has 0 amide bonds. The van der Waals surface area contributed by atoms with E-state index in [9.17, 15) is 0 Å². The molecule has 1 saturated carbocycles. The molecule has 2 fully saturated rings. The molecule has 0 N–H and O–H groups in total. The van der Waals surface area contributed by atoms with E-state index in [1.807, 2.05) is 0 Å². The Morgan fingerprint density at radius 2 is 2.07 bits per heavy atom. The van der Waals surface area contributed by atoms with Gasteiger partial charge in [-0.15, -0.1) is 11.6 Å². The topological polar surface area (TPSA) is 3.24 Å². The van der Waals surface area contributed by atoms with Gasteiger partial charge in [-0.25, -0.2) is 0 Å². The van der Waals surface area contributed by atoms with Gasteiger partial charge in [0.05, 0.1) is 0 Å². The third kappa shape index (κ3) is 1.63. The maximum Gasteiger partial charge on any atom is 0.0494 e. The van der Waals surface area contributed by atoms with Gasteiger partial charge in [0.1, 0.15) is 0 Å². The van der Waals surface area contributed by atoms with E-state index in [0.29, 0.717) is 5.88 Å². The summed E-state index contributed by atoms with van der Waals surface area (Å²) in [6, 6.07) is 6.64. The smallest absolute Gasteiger partial charge is 0.0494 e. The van der Waals surface area contributed by atoms with Crippen LogP contribution in [0.3, 0.4) is 0 Å². The molecule has 2 unspecified atom stereocenters. The molecule has 2 atom stereocenters. The highest BCUT2D eigenvalue weighted by Crippen LogP contribution is 2.46. The molecule has 1 nitrogen and oxygen atoms in total. The van der Waals surface area contributed by atoms with Crippen LogP contribution < -0.4 is 4.90 Å². The van der Waals surface area contributed by atoms with E-state index in [-0.39, 0.29) is 0 Å². The number of halogens is 1. The molecular weight excluding hydrogens is 206 g/mol. The Kier molecular flexibility index (Phi) is 2.17. The van der Waals surface area contributed by atoms with Crippen molar-refractivity contribution in [2.45, 2.75) is 19.2 Å². The number of benzene rings is 1. The zero-order chi connectivity index (χ0) is 10.4. The standard InChI is InChI=1S/C13H16ClN/c1-9-2-3-13(10(4-9)6-14)15-7-11-5-12(11)8-15/h2-4,11-12H,5-8H2,1H3. The Balaban J connectivity index is 1.89. The molecule has 0 bridgehead atoms. The highest BCUT2D eigenvalue weighted by atomic mass is 35.5. The van der Waals surface area contributed by atoms with Gasteiger partial charge in [-0.2, -0.15) is 0 Å². The first kappa shape index (κ1) is 9.53. The molecule has 1 aliphatic carbocycles. The summed E-state index contributed by atoms with van der Waals surface area (Å²) in [7, 11) is 0. The molecular formula is C13H16ClN. The van der Waals surface area contributed by atoms with Crippen LogP contribution in [0, 0.1) is 18.8 Å². The van der Waals surface area contributed by atoms with Crippen LogP contribution in [0.2, 0.25) is 0 Å². The van der Waals surface area contributed by atoms with Gasteiger partial charge >= 0.3 is 0 Å². The Bertz CT molecular complexity index is 378. The van der Waals surface area contributed by atoms with E-state index in [1.54, 1.807) is 0 Å². The fourth-order valence-corrected chi connectivity index (χ4v) is 2.94. The second-order valence-electron chi connectivity index (χ2n) is 4.93. The van der Waals surface area contributed by atoms with Crippen molar-refractivity contribution in [1.29, 1.82) is 0 Å². The Morgan fingerprint density at radius 1 is 1.33 bits per heavy atom. The molecule has 0 spiro atoms. The second kappa shape index (κ2) is 3.41. The number of piperidine rings is 1. The lowest BCUT2D eigenvalue weighted by molar-refractivity contribution is 0.816. The van der Waals surface area contributed by atoms with Crippen LogP contribution >= 0.6 is 11.6 Å². The molecule has 1 aliphatic heterocycles. The van der Waals surface area contributed by atoms with Gasteiger partial charge in [0.2, 0.25) is 0 Å². The van der Waals surface area contributed by atoms with Crippen molar-refractivity contribution in [2.24, 2.45) is 11.8 Å². The van der Waals surface area contributed by atoms with Crippen LogP contribution in [0.5, 0.6) is 0 Å². The van der Waals surface area contributed by atoms with Gasteiger partial charge < -0.3 is 4.90 Å². The summed E-state index contributed by atoms with van der Waals surface area (Å²) in [5.41, 5.74) is 3.96. The van der Waals surface area contributed by atoms with Crippen molar-refractivity contribution in [2.75, 3.05) is 18.0 Å². The minimum Gasteiger partial charge on any atom is -0.371 e. The number of alkyl halides is 1. The molecule has 3 rings (SSSR count). The first-order valence-corrected chi connectivity index (χ1v) is 6.22. The molecule has 1 saturated heterocycles. The van der Waals surface area contributed by atoms with Crippen LogP contribution in [0.15, 0.2) is 18.2 Å². The van der Waals surface area contributed by atoms with Crippen molar-refractivity contribution in [3.8, 4) is 0 Å². The second-order valence-corrected chi connectivity index (χ2v) is 5.19. The molecule has 1 heterocycles. The van der Waals surface area contributed by atoms with Crippen LogP contribution in [0.25, 0.3) is 0 Å². The zero-order valence-electron chi connectivity index (χ0n) is 9.04. The van der Waals surface area contributed by atoms with E-state index in [0.717, 1.165) is 11.8 Å². The summed E-state index contributed by atoms with van der Waals surface area (Å²) < 4.78 is 0. The summed E-state index contributed by atoms with van der Waals surface area (Å²) in [5.74, 6) is 2.59. The SMILES string of the molecule is Cc1ccc(N2CC3CC3C2)c(CCl)c1. The lowest BCUT2D eigenvalue weighted by atomic mass is 10.1. The van der Waals surface area contributed by atoms with Gasteiger partial charge in [0.25, 0.3) is 0 Å². The maximum absolute atomic E-state index is 6.00. The summed E-state index contributed by atoms with van der Waals surface area (Å²) in [6.07, 6.45) is 1.46. The number of hydrogen-bond donors (Lipinski definition) is 0. The molecule has 1 aromatic rings. The van der Waals surface area contributed by atoms with Crippen molar-refractivity contribution in [3.63, 3.8) is 0 Å². The van der Waals surface area contributed by atoms with E-state index >= 15 is 0 Å². The third-order valence-corrected chi connectivity index (χ3v) is 3.99. The van der Waals surface area contributed by atoms with Crippen molar-refractivity contribution >= 4 is 17.3 Å². The summed E-state index contributed by atoms with van der Waals surface area (Å²) in [6.45, 7) is 4.62. The molecule has 80 valence electrons. The molecule has 0 aromatic heterocycles. The van der Waals surface area contributed by atoms with Crippen molar-refractivity contribution < 1.29 is 0 Å². The minimum absolute atomic E-state index is 0.628. The van der Waals surface area contributed by atoms with E-state index in [2.05, 4.69) is 30.0 Å². The van der Waals surface area contributed by atoms with Crippen LogP contribution in [-0.4, -0.2) is 13.1 Å². The summed E-state index contributed by atoms with van der Waals surface area (Å²) in [5, 5.41) is 0. The molecule has 15 heavy (non-hydrogen) atoms. The maximum atomic E-state index is 6.00. The summed E-state index contributed by atoms with van der Waals surface area (Å²) >= 11 is 6.00.